The number of rotatable bonds is 4. The van der Waals surface area contributed by atoms with Crippen LogP contribution in [0.2, 0.25) is 0 Å². The van der Waals surface area contributed by atoms with E-state index in [0.29, 0.717) is 6.04 Å². The van der Waals surface area contributed by atoms with Crippen molar-refractivity contribution >= 4 is 23.4 Å². The van der Waals surface area contributed by atoms with Gasteiger partial charge in [-0.2, -0.15) is 0 Å². The van der Waals surface area contributed by atoms with Gasteiger partial charge in [0.15, 0.2) is 0 Å². The third-order valence-electron chi connectivity index (χ3n) is 3.39. The molecule has 1 aromatic rings. The summed E-state index contributed by atoms with van der Waals surface area (Å²) >= 11 is 1.71. The molecule has 1 N–H and O–H groups in total. The number of hydrogen-bond donors (Lipinski definition) is 1. The van der Waals surface area contributed by atoms with Gasteiger partial charge in [-0.05, 0) is 49.4 Å². The fraction of sp³-hybridized carbons (Fsp3) is 0.500. The first-order valence-electron chi connectivity index (χ1n) is 6.37. The number of nitrogens with zero attached hydrogens (tertiary/aromatic N) is 1. The zero-order chi connectivity index (χ0) is 13.0. The molecule has 1 fully saturated rings. The Morgan fingerprint density at radius 3 is 3.17 bits per heavy atom. The van der Waals surface area contributed by atoms with Crippen LogP contribution in [0.1, 0.15) is 36.6 Å². The van der Waals surface area contributed by atoms with E-state index in [0.717, 1.165) is 12.1 Å². The molecule has 2 heterocycles. The van der Waals surface area contributed by atoms with Crippen molar-refractivity contribution < 1.29 is 9.90 Å². The smallest absolute Gasteiger partial charge is 0.328 e. The van der Waals surface area contributed by atoms with E-state index >= 15 is 0 Å². The molecule has 1 aliphatic rings. The van der Waals surface area contributed by atoms with Crippen molar-refractivity contribution in [1.29, 1.82) is 0 Å². The predicted molar refractivity (Wildman–Crippen MR) is 74.7 cm³/mol. The summed E-state index contributed by atoms with van der Waals surface area (Å²) in [7, 11) is 0. The largest absolute Gasteiger partial charge is 0.478 e. The number of likely N-dealkylation sites (tertiary alicyclic amines) is 1. The summed E-state index contributed by atoms with van der Waals surface area (Å²) in [6.07, 6.45) is 6.77. The van der Waals surface area contributed by atoms with Crippen LogP contribution >= 0.6 is 11.3 Å². The molecule has 1 unspecified atom stereocenters. The predicted octanol–water partition coefficient (Wildman–Crippen LogP) is 3.22. The van der Waals surface area contributed by atoms with E-state index in [4.69, 9.17) is 5.11 Å². The summed E-state index contributed by atoms with van der Waals surface area (Å²) in [6.45, 7) is 4.46. The van der Waals surface area contributed by atoms with Gasteiger partial charge >= 0.3 is 5.97 Å². The normalized spacial score (nSPS) is 21.5. The fourth-order valence-electron chi connectivity index (χ4n) is 2.33. The van der Waals surface area contributed by atoms with E-state index in [2.05, 4.69) is 17.9 Å². The Morgan fingerprint density at radius 1 is 1.61 bits per heavy atom. The summed E-state index contributed by atoms with van der Waals surface area (Å²) in [6, 6.07) is 2.75. The molecule has 2 rings (SSSR count). The Balaban J connectivity index is 1.95. The van der Waals surface area contributed by atoms with E-state index in [-0.39, 0.29) is 0 Å². The molecule has 1 saturated heterocycles. The van der Waals surface area contributed by atoms with E-state index in [9.17, 15) is 4.79 Å². The highest BCUT2D eigenvalue weighted by Gasteiger charge is 2.18. The molecule has 0 saturated carbocycles. The molecule has 0 amide bonds. The lowest BCUT2D eigenvalue weighted by molar-refractivity contribution is -0.131. The molecule has 98 valence electrons. The molecule has 18 heavy (non-hydrogen) atoms. The molecular weight excluding hydrogens is 246 g/mol. The van der Waals surface area contributed by atoms with Crippen molar-refractivity contribution in [2.24, 2.45) is 0 Å². The molecule has 0 bridgehead atoms. The molecule has 1 atom stereocenters. The second-order valence-corrected chi connectivity index (χ2v) is 5.83. The van der Waals surface area contributed by atoms with Crippen molar-refractivity contribution in [3.05, 3.63) is 28.0 Å². The molecule has 1 aliphatic heterocycles. The molecule has 0 radical (unpaired) electrons. The highest BCUT2D eigenvalue weighted by Crippen LogP contribution is 2.23. The second kappa shape index (κ2) is 6.16. The standard InChI is InChI=1S/C14H19NO2S/c1-11-4-2-3-7-15(11)9-13-8-12(10-18-13)5-6-14(16)17/h5-6,8,10-11H,2-4,7,9H2,1H3,(H,16,17). The third kappa shape index (κ3) is 3.68. The molecule has 0 aliphatic carbocycles. The van der Waals surface area contributed by atoms with E-state index in [1.807, 2.05) is 5.38 Å². The van der Waals surface area contributed by atoms with Crippen LogP contribution in [0.3, 0.4) is 0 Å². The number of thiophene rings is 1. The summed E-state index contributed by atoms with van der Waals surface area (Å²) in [5.41, 5.74) is 0.988. The molecular formula is C14H19NO2S. The van der Waals surface area contributed by atoms with Gasteiger partial charge in [0.25, 0.3) is 0 Å². The van der Waals surface area contributed by atoms with Gasteiger partial charge in [0, 0.05) is 23.5 Å². The summed E-state index contributed by atoms with van der Waals surface area (Å²) < 4.78 is 0. The molecule has 0 spiro atoms. The van der Waals surface area contributed by atoms with Crippen LogP contribution < -0.4 is 0 Å². The van der Waals surface area contributed by atoms with Crippen LogP contribution in [0.5, 0.6) is 0 Å². The number of aliphatic carboxylic acids is 1. The fourth-order valence-corrected chi connectivity index (χ4v) is 3.21. The summed E-state index contributed by atoms with van der Waals surface area (Å²) in [5, 5.41) is 10.6. The minimum absolute atomic E-state index is 0.666. The highest BCUT2D eigenvalue weighted by atomic mass is 32.1. The quantitative estimate of drug-likeness (QED) is 0.850. The van der Waals surface area contributed by atoms with E-state index < -0.39 is 5.97 Å². The molecule has 4 heteroatoms. The number of hydrogen-bond acceptors (Lipinski definition) is 3. The Bertz CT molecular complexity index is 439. The summed E-state index contributed by atoms with van der Waals surface area (Å²) in [5.74, 6) is -0.896. The van der Waals surface area contributed by atoms with Gasteiger partial charge in [0.2, 0.25) is 0 Å². The molecule has 1 aromatic heterocycles. The van der Waals surface area contributed by atoms with Crippen LogP contribution in [-0.2, 0) is 11.3 Å². The van der Waals surface area contributed by atoms with E-state index in [1.54, 1.807) is 17.4 Å². The first kappa shape index (κ1) is 13.3. The van der Waals surface area contributed by atoms with Crippen LogP contribution in [0, 0.1) is 0 Å². The maximum Gasteiger partial charge on any atom is 0.328 e. The Morgan fingerprint density at radius 2 is 2.44 bits per heavy atom. The lowest BCUT2D eigenvalue weighted by Gasteiger charge is -2.32. The lowest BCUT2D eigenvalue weighted by atomic mass is 10.0. The maximum absolute atomic E-state index is 10.4. The second-order valence-electron chi connectivity index (χ2n) is 4.83. The van der Waals surface area contributed by atoms with Gasteiger partial charge in [0.1, 0.15) is 0 Å². The topological polar surface area (TPSA) is 40.5 Å². The first-order chi connectivity index (χ1) is 8.65. The van der Waals surface area contributed by atoms with Crippen molar-refractivity contribution in [2.75, 3.05) is 6.54 Å². The minimum Gasteiger partial charge on any atom is -0.478 e. The average molecular weight is 265 g/mol. The van der Waals surface area contributed by atoms with Gasteiger partial charge in [-0.3, -0.25) is 4.90 Å². The third-order valence-corrected chi connectivity index (χ3v) is 4.33. The average Bonchev–Trinajstić information content (AvgIpc) is 2.77. The number of carboxylic acids is 1. The number of carboxylic acid groups (broad SMARTS) is 1. The van der Waals surface area contributed by atoms with Crippen LogP contribution in [-0.4, -0.2) is 28.6 Å². The lowest BCUT2D eigenvalue weighted by Crippen LogP contribution is -2.36. The SMILES string of the molecule is CC1CCCCN1Cc1cc(C=CC(=O)O)cs1. The minimum atomic E-state index is -0.896. The van der Waals surface area contributed by atoms with Crippen molar-refractivity contribution in [3.63, 3.8) is 0 Å². The van der Waals surface area contributed by atoms with Crippen LogP contribution in [0.15, 0.2) is 17.5 Å². The summed E-state index contributed by atoms with van der Waals surface area (Å²) in [4.78, 5) is 14.3. The monoisotopic (exact) mass is 265 g/mol. The molecule has 3 nitrogen and oxygen atoms in total. The first-order valence-corrected chi connectivity index (χ1v) is 7.25. The zero-order valence-electron chi connectivity index (χ0n) is 10.6. The maximum atomic E-state index is 10.4. The van der Waals surface area contributed by atoms with Crippen molar-refractivity contribution in [2.45, 2.75) is 38.8 Å². The van der Waals surface area contributed by atoms with Crippen LogP contribution in [0.25, 0.3) is 6.08 Å². The van der Waals surface area contributed by atoms with Gasteiger partial charge in [-0.15, -0.1) is 11.3 Å². The Labute approximate surface area is 112 Å². The van der Waals surface area contributed by atoms with Gasteiger partial charge in [-0.1, -0.05) is 6.42 Å². The van der Waals surface area contributed by atoms with E-state index in [1.165, 1.54) is 36.8 Å². The van der Waals surface area contributed by atoms with Crippen LogP contribution in [0.4, 0.5) is 0 Å². The van der Waals surface area contributed by atoms with Gasteiger partial charge in [0.05, 0.1) is 0 Å². The van der Waals surface area contributed by atoms with Gasteiger partial charge < -0.3 is 5.11 Å². The number of carbonyl (C=O) groups is 1. The highest BCUT2D eigenvalue weighted by molar-refractivity contribution is 7.10. The van der Waals surface area contributed by atoms with Crippen molar-refractivity contribution in [3.8, 4) is 0 Å². The Hall–Kier alpha value is -1.13. The Kier molecular flexibility index (Phi) is 4.55. The molecule has 0 aromatic carbocycles. The van der Waals surface area contributed by atoms with Crippen molar-refractivity contribution in [1.82, 2.24) is 4.90 Å². The number of piperidine rings is 1. The van der Waals surface area contributed by atoms with Gasteiger partial charge in [-0.25, -0.2) is 4.79 Å². The zero-order valence-corrected chi connectivity index (χ0v) is 11.4.